The number of thiophene rings is 1. The van der Waals surface area contributed by atoms with Crippen LogP contribution in [0.3, 0.4) is 0 Å². The molecule has 0 saturated heterocycles. The van der Waals surface area contributed by atoms with Gasteiger partial charge < -0.3 is 14.8 Å². The summed E-state index contributed by atoms with van der Waals surface area (Å²) in [6.07, 6.45) is 3.87. The third kappa shape index (κ3) is 4.28. The molecule has 2 N–H and O–H groups in total. The van der Waals surface area contributed by atoms with Gasteiger partial charge in [-0.3, -0.25) is 9.69 Å². The lowest BCUT2D eigenvalue weighted by molar-refractivity contribution is 0.0202. The highest BCUT2D eigenvalue weighted by Gasteiger charge is 2.20. The van der Waals surface area contributed by atoms with Gasteiger partial charge in [0.25, 0.3) is 5.56 Å². The third-order valence-electron chi connectivity index (χ3n) is 4.68. The fourth-order valence-corrected chi connectivity index (χ4v) is 4.69. The van der Waals surface area contributed by atoms with Gasteiger partial charge in [0.15, 0.2) is 0 Å². The molecule has 0 fully saturated rings. The number of H-pyrrole nitrogens is 1. The summed E-state index contributed by atoms with van der Waals surface area (Å²) in [6.45, 7) is 6.66. The Morgan fingerprint density at radius 1 is 1.36 bits per heavy atom. The first kappa shape index (κ1) is 18.5. The number of likely N-dealkylation sites (N-methyl/N-ethyl adjacent to an activating group) is 1. The molecule has 2 heterocycles. The molecule has 6 nitrogen and oxygen atoms in total. The van der Waals surface area contributed by atoms with Crippen LogP contribution < -0.4 is 5.56 Å². The fraction of sp³-hybridized carbons (Fsp3) is 0.667. The predicted molar refractivity (Wildman–Crippen MR) is 100 cm³/mol. The molecule has 1 aliphatic rings. The number of aliphatic hydroxyl groups is 1. The Bertz CT molecular complexity index is 771. The lowest BCUT2D eigenvalue weighted by atomic mass is 9.97. The first-order valence-corrected chi connectivity index (χ1v) is 9.95. The third-order valence-corrected chi connectivity index (χ3v) is 5.86. The minimum Gasteiger partial charge on any atom is -0.389 e. The molecule has 0 amide bonds. The lowest BCUT2D eigenvalue weighted by Gasteiger charge is -2.22. The minimum atomic E-state index is -0.538. The maximum absolute atomic E-state index is 12.6. The van der Waals surface area contributed by atoms with E-state index in [9.17, 15) is 9.90 Å². The van der Waals surface area contributed by atoms with Crippen molar-refractivity contribution in [2.45, 2.75) is 52.2 Å². The second-order valence-electron chi connectivity index (χ2n) is 6.54. The molecule has 0 radical (unpaired) electrons. The zero-order chi connectivity index (χ0) is 17.8. The summed E-state index contributed by atoms with van der Waals surface area (Å²) in [6, 6.07) is 0. The predicted octanol–water partition coefficient (Wildman–Crippen LogP) is 2.08. The molecule has 1 atom stereocenters. The molecular formula is C18H27N3O3S. The van der Waals surface area contributed by atoms with Crippen LogP contribution in [0.15, 0.2) is 4.79 Å². The van der Waals surface area contributed by atoms with Crippen LogP contribution >= 0.6 is 11.3 Å². The van der Waals surface area contributed by atoms with Crippen molar-refractivity contribution in [2.75, 3.05) is 26.3 Å². The number of fused-ring (bicyclic) bond motifs is 3. The van der Waals surface area contributed by atoms with Crippen LogP contribution in [-0.2, 0) is 24.1 Å². The minimum absolute atomic E-state index is 0.0229. The number of aryl methyl sites for hydroxylation is 2. The molecule has 0 bridgehead atoms. The zero-order valence-electron chi connectivity index (χ0n) is 15.0. The number of aliphatic hydroxyl groups excluding tert-OH is 1. The molecule has 25 heavy (non-hydrogen) atoms. The van der Waals surface area contributed by atoms with E-state index in [0.717, 1.165) is 36.0 Å². The highest BCUT2D eigenvalue weighted by molar-refractivity contribution is 7.18. The molecular weight excluding hydrogens is 338 g/mol. The Labute approximate surface area is 151 Å². The van der Waals surface area contributed by atoms with Gasteiger partial charge in [0.1, 0.15) is 10.7 Å². The Kier molecular flexibility index (Phi) is 6.22. The van der Waals surface area contributed by atoms with E-state index in [4.69, 9.17) is 9.72 Å². The average Bonchev–Trinajstić information content (AvgIpc) is 2.98. The van der Waals surface area contributed by atoms with E-state index in [1.807, 2.05) is 13.8 Å². The number of rotatable bonds is 8. The van der Waals surface area contributed by atoms with Crippen LogP contribution in [0.5, 0.6) is 0 Å². The second kappa shape index (κ2) is 8.40. The van der Waals surface area contributed by atoms with Gasteiger partial charge in [0, 0.05) is 18.0 Å². The van der Waals surface area contributed by atoms with Gasteiger partial charge in [0.05, 0.1) is 24.6 Å². The number of ether oxygens (including phenoxy) is 1. The van der Waals surface area contributed by atoms with Crippen molar-refractivity contribution in [3.63, 3.8) is 0 Å². The Morgan fingerprint density at radius 3 is 2.92 bits per heavy atom. The van der Waals surface area contributed by atoms with Crippen LogP contribution in [0.2, 0.25) is 0 Å². The van der Waals surface area contributed by atoms with Crippen molar-refractivity contribution in [1.82, 2.24) is 14.9 Å². The number of hydrogen-bond acceptors (Lipinski definition) is 6. The van der Waals surface area contributed by atoms with Crippen LogP contribution in [0.4, 0.5) is 0 Å². The zero-order valence-corrected chi connectivity index (χ0v) is 15.8. The van der Waals surface area contributed by atoms with Gasteiger partial charge in [-0.05, 0) is 44.7 Å². The maximum Gasteiger partial charge on any atom is 0.259 e. The number of hydrogen-bond donors (Lipinski definition) is 2. The molecule has 0 aromatic carbocycles. The molecule has 2 aromatic rings. The van der Waals surface area contributed by atoms with Gasteiger partial charge in [-0.15, -0.1) is 11.3 Å². The van der Waals surface area contributed by atoms with E-state index in [0.29, 0.717) is 32.1 Å². The summed E-state index contributed by atoms with van der Waals surface area (Å²) in [7, 11) is 0. The Morgan fingerprint density at radius 2 is 2.16 bits per heavy atom. The number of aromatic nitrogens is 2. The van der Waals surface area contributed by atoms with E-state index in [-0.39, 0.29) is 5.56 Å². The van der Waals surface area contributed by atoms with Gasteiger partial charge in [-0.2, -0.15) is 0 Å². The Balaban J connectivity index is 1.78. The smallest absolute Gasteiger partial charge is 0.259 e. The van der Waals surface area contributed by atoms with Crippen LogP contribution in [0.1, 0.15) is 43.0 Å². The highest BCUT2D eigenvalue weighted by atomic mass is 32.1. The summed E-state index contributed by atoms with van der Waals surface area (Å²) in [4.78, 5) is 24.5. The van der Waals surface area contributed by atoms with Crippen molar-refractivity contribution in [3.8, 4) is 0 Å². The normalized spacial score (nSPS) is 15.7. The quantitative estimate of drug-likeness (QED) is 0.749. The van der Waals surface area contributed by atoms with E-state index >= 15 is 0 Å². The standard InChI is InChI=1S/C18H27N3O3S/c1-3-21(9-12(22)11-24-4-2)10-15-19-17(23)16-13-7-5-6-8-14(13)25-18(16)20-15/h12,22H,3-11H2,1-2H3,(H,19,20,23). The number of nitrogens with zero attached hydrogens (tertiary/aromatic N) is 2. The van der Waals surface area contributed by atoms with Crippen molar-refractivity contribution < 1.29 is 9.84 Å². The summed E-state index contributed by atoms with van der Waals surface area (Å²) < 4.78 is 5.27. The van der Waals surface area contributed by atoms with Crippen molar-refractivity contribution in [3.05, 3.63) is 26.6 Å². The monoisotopic (exact) mass is 365 g/mol. The van der Waals surface area contributed by atoms with Crippen LogP contribution in [-0.4, -0.2) is 52.4 Å². The summed E-state index contributed by atoms with van der Waals surface area (Å²) in [5.41, 5.74) is 1.19. The van der Waals surface area contributed by atoms with Crippen LogP contribution in [0.25, 0.3) is 10.2 Å². The first-order valence-electron chi connectivity index (χ1n) is 9.14. The molecule has 1 unspecified atom stereocenters. The molecule has 138 valence electrons. The molecule has 2 aromatic heterocycles. The molecule has 3 rings (SSSR count). The largest absolute Gasteiger partial charge is 0.389 e. The van der Waals surface area contributed by atoms with Crippen molar-refractivity contribution in [1.29, 1.82) is 0 Å². The second-order valence-corrected chi connectivity index (χ2v) is 7.63. The van der Waals surface area contributed by atoms with Gasteiger partial charge >= 0.3 is 0 Å². The summed E-state index contributed by atoms with van der Waals surface area (Å²) in [5.74, 6) is 0.668. The topological polar surface area (TPSA) is 78.5 Å². The summed E-state index contributed by atoms with van der Waals surface area (Å²) >= 11 is 1.67. The highest BCUT2D eigenvalue weighted by Crippen LogP contribution is 2.33. The molecule has 0 aliphatic heterocycles. The van der Waals surface area contributed by atoms with Crippen molar-refractivity contribution in [2.24, 2.45) is 0 Å². The molecule has 1 aliphatic carbocycles. The van der Waals surface area contributed by atoms with E-state index in [1.165, 1.54) is 16.9 Å². The van der Waals surface area contributed by atoms with Crippen LogP contribution in [0, 0.1) is 0 Å². The Hall–Kier alpha value is -1.28. The van der Waals surface area contributed by atoms with Gasteiger partial charge in [-0.25, -0.2) is 4.98 Å². The molecule has 7 heteroatoms. The van der Waals surface area contributed by atoms with E-state index in [2.05, 4.69) is 9.88 Å². The van der Waals surface area contributed by atoms with Gasteiger partial charge in [0.2, 0.25) is 0 Å². The maximum atomic E-state index is 12.6. The molecule has 0 saturated carbocycles. The fourth-order valence-electron chi connectivity index (χ4n) is 3.41. The summed E-state index contributed by atoms with van der Waals surface area (Å²) in [5, 5.41) is 10.8. The first-order chi connectivity index (χ1) is 12.1. The van der Waals surface area contributed by atoms with Crippen molar-refractivity contribution >= 4 is 21.6 Å². The SMILES string of the molecule is CCOCC(O)CN(CC)Cc1nc2sc3c(c2c(=O)[nH]1)CCCC3. The average molecular weight is 365 g/mol. The van der Waals surface area contributed by atoms with E-state index < -0.39 is 6.10 Å². The number of nitrogens with one attached hydrogen (secondary N) is 1. The number of aromatic amines is 1. The van der Waals surface area contributed by atoms with Gasteiger partial charge in [-0.1, -0.05) is 6.92 Å². The van der Waals surface area contributed by atoms with E-state index in [1.54, 1.807) is 11.3 Å². The lowest BCUT2D eigenvalue weighted by Crippen LogP contribution is -2.35. The molecule has 0 spiro atoms.